The van der Waals surface area contributed by atoms with Crippen LogP contribution in [0.5, 0.6) is 0 Å². The molecule has 1 aliphatic rings. The van der Waals surface area contributed by atoms with Gasteiger partial charge in [0.15, 0.2) is 0 Å². The number of benzene rings is 1. The van der Waals surface area contributed by atoms with E-state index in [1.54, 1.807) is 0 Å². The molecule has 116 valence electrons. The highest BCUT2D eigenvalue weighted by Crippen LogP contribution is 2.34. The Kier molecular flexibility index (Phi) is 4.93. The minimum Gasteiger partial charge on any atom is -0.378 e. The van der Waals surface area contributed by atoms with Crippen LogP contribution < -0.4 is 5.32 Å². The summed E-state index contributed by atoms with van der Waals surface area (Å²) < 4.78 is 44.5. The Labute approximate surface area is 129 Å². The first kappa shape index (κ1) is 16.3. The van der Waals surface area contributed by atoms with Crippen molar-refractivity contribution in [1.82, 2.24) is 5.32 Å². The van der Waals surface area contributed by atoms with E-state index in [1.165, 1.54) is 12.1 Å². The molecule has 1 aromatic carbocycles. The van der Waals surface area contributed by atoms with E-state index < -0.39 is 17.6 Å². The van der Waals surface area contributed by atoms with Crippen molar-refractivity contribution in [3.63, 3.8) is 0 Å². The Balaban J connectivity index is 2.07. The fourth-order valence-electron chi connectivity index (χ4n) is 2.27. The lowest BCUT2D eigenvalue weighted by atomic mass is 9.89. The maximum Gasteiger partial charge on any atom is 0.417 e. The lowest BCUT2D eigenvalue weighted by molar-refractivity contribution is -0.138. The molecule has 0 aromatic heterocycles. The summed E-state index contributed by atoms with van der Waals surface area (Å²) in [5.74, 6) is -0.699. The van der Waals surface area contributed by atoms with Crippen LogP contribution in [0, 0.1) is 0 Å². The van der Waals surface area contributed by atoms with E-state index in [-0.39, 0.29) is 22.2 Å². The molecule has 0 radical (unpaired) electrons. The third-order valence-electron chi connectivity index (χ3n) is 3.36. The van der Waals surface area contributed by atoms with Crippen molar-refractivity contribution < 1.29 is 22.7 Å². The van der Waals surface area contributed by atoms with E-state index in [9.17, 15) is 18.0 Å². The van der Waals surface area contributed by atoms with Gasteiger partial charge >= 0.3 is 6.18 Å². The molecule has 21 heavy (non-hydrogen) atoms. The van der Waals surface area contributed by atoms with E-state index in [2.05, 4.69) is 21.2 Å². The topological polar surface area (TPSA) is 38.3 Å². The lowest BCUT2D eigenvalue weighted by Crippen LogP contribution is -2.48. The van der Waals surface area contributed by atoms with Crippen molar-refractivity contribution in [3.05, 3.63) is 33.8 Å². The third kappa shape index (κ3) is 3.97. The van der Waals surface area contributed by atoms with Crippen LogP contribution in [0.25, 0.3) is 0 Å². The Morgan fingerprint density at radius 2 is 2.10 bits per heavy atom. The summed E-state index contributed by atoms with van der Waals surface area (Å²) in [6, 6.07) is 3.40. The van der Waals surface area contributed by atoms with Crippen molar-refractivity contribution in [2.45, 2.75) is 38.1 Å². The molecule has 1 aromatic rings. The van der Waals surface area contributed by atoms with E-state index in [1.807, 2.05) is 6.92 Å². The largest absolute Gasteiger partial charge is 0.417 e. The first-order valence-electron chi connectivity index (χ1n) is 6.60. The number of rotatable bonds is 4. The van der Waals surface area contributed by atoms with Gasteiger partial charge in [0.05, 0.1) is 17.2 Å². The molecule has 1 aliphatic carbocycles. The van der Waals surface area contributed by atoms with Gasteiger partial charge in [-0.05, 0) is 38.0 Å². The number of carbonyl (C=O) groups is 1. The highest BCUT2D eigenvalue weighted by atomic mass is 79.9. The quantitative estimate of drug-likeness (QED) is 0.881. The predicted molar refractivity (Wildman–Crippen MR) is 75.0 cm³/mol. The van der Waals surface area contributed by atoms with Crippen LogP contribution in [0.1, 0.15) is 35.7 Å². The molecule has 0 atom stereocenters. The summed E-state index contributed by atoms with van der Waals surface area (Å²) in [6.45, 7) is 2.47. The maximum absolute atomic E-state index is 13.0. The molecule has 0 spiro atoms. The Bertz CT molecular complexity index is 527. The van der Waals surface area contributed by atoms with E-state index in [4.69, 9.17) is 4.74 Å². The second-order valence-electron chi connectivity index (χ2n) is 4.91. The van der Waals surface area contributed by atoms with Crippen molar-refractivity contribution in [2.24, 2.45) is 0 Å². The van der Waals surface area contributed by atoms with Crippen LogP contribution in [0.4, 0.5) is 13.2 Å². The summed E-state index contributed by atoms with van der Waals surface area (Å²) in [4.78, 5) is 12.0. The van der Waals surface area contributed by atoms with Gasteiger partial charge in [-0.2, -0.15) is 13.2 Å². The van der Waals surface area contributed by atoms with Crippen LogP contribution in [0.15, 0.2) is 22.7 Å². The maximum atomic E-state index is 13.0. The lowest BCUT2D eigenvalue weighted by Gasteiger charge is -2.35. The van der Waals surface area contributed by atoms with Crippen molar-refractivity contribution in [1.29, 1.82) is 0 Å². The highest BCUT2D eigenvalue weighted by Gasteiger charge is 2.37. The summed E-state index contributed by atoms with van der Waals surface area (Å²) in [7, 11) is 0. The predicted octanol–water partition coefficient (Wildman–Crippen LogP) is 3.77. The van der Waals surface area contributed by atoms with Gasteiger partial charge in [0.25, 0.3) is 5.91 Å². The fourth-order valence-corrected chi connectivity index (χ4v) is 2.63. The molecule has 1 amide bonds. The number of amides is 1. The van der Waals surface area contributed by atoms with Crippen LogP contribution in [0.3, 0.4) is 0 Å². The average Bonchev–Trinajstić information content (AvgIpc) is 2.35. The average molecular weight is 366 g/mol. The number of hydrogen-bond donors (Lipinski definition) is 1. The fraction of sp³-hybridized carbons (Fsp3) is 0.500. The third-order valence-corrected chi connectivity index (χ3v) is 3.86. The SMILES string of the molecule is CCOC1CC(NC(=O)c2ccc(Br)cc2C(F)(F)F)C1. The first-order chi connectivity index (χ1) is 9.81. The van der Waals surface area contributed by atoms with Gasteiger partial charge in [-0.25, -0.2) is 0 Å². The van der Waals surface area contributed by atoms with Gasteiger partial charge in [-0.3, -0.25) is 4.79 Å². The molecule has 7 heteroatoms. The van der Waals surface area contributed by atoms with Crippen LogP contribution in [0.2, 0.25) is 0 Å². The number of ether oxygens (including phenoxy) is 1. The minimum absolute atomic E-state index is 0.0901. The van der Waals surface area contributed by atoms with Crippen molar-refractivity contribution >= 4 is 21.8 Å². The molecule has 0 heterocycles. The first-order valence-corrected chi connectivity index (χ1v) is 7.39. The Morgan fingerprint density at radius 1 is 1.43 bits per heavy atom. The zero-order valence-electron chi connectivity index (χ0n) is 11.3. The molecule has 1 fully saturated rings. The molecule has 0 aliphatic heterocycles. The Hall–Kier alpha value is -1.08. The molecular weight excluding hydrogens is 351 g/mol. The molecular formula is C14H15BrF3NO2. The summed E-state index contributed by atoms with van der Waals surface area (Å²) >= 11 is 2.99. The molecule has 0 bridgehead atoms. The standard InChI is InChI=1S/C14H15BrF3NO2/c1-2-21-10-6-9(7-10)19-13(20)11-4-3-8(15)5-12(11)14(16,17)18/h3-5,9-10H,2,6-7H2,1H3,(H,19,20). The van der Waals surface area contributed by atoms with E-state index >= 15 is 0 Å². The number of hydrogen-bond acceptors (Lipinski definition) is 2. The number of carbonyl (C=O) groups excluding carboxylic acids is 1. The number of halogens is 4. The minimum atomic E-state index is -4.57. The molecule has 0 saturated heterocycles. The number of nitrogens with one attached hydrogen (secondary N) is 1. The second-order valence-corrected chi connectivity index (χ2v) is 5.82. The molecule has 2 rings (SSSR count). The van der Waals surface area contributed by atoms with Crippen LogP contribution in [-0.2, 0) is 10.9 Å². The van der Waals surface area contributed by atoms with Crippen LogP contribution >= 0.6 is 15.9 Å². The Morgan fingerprint density at radius 3 is 2.67 bits per heavy atom. The highest BCUT2D eigenvalue weighted by molar-refractivity contribution is 9.10. The van der Waals surface area contributed by atoms with Gasteiger partial charge in [0.2, 0.25) is 0 Å². The van der Waals surface area contributed by atoms with E-state index in [0.717, 1.165) is 6.07 Å². The second kappa shape index (κ2) is 6.36. The zero-order valence-corrected chi connectivity index (χ0v) is 12.9. The van der Waals surface area contributed by atoms with Crippen molar-refractivity contribution in [3.8, 4) is 0 Å². The summed E-state index contributed by atoms with van der Waals surface area (Å²) in [5.41, 5.74) is -1.29. The van der Waals surface area contributed by atoms with E-state index in [0.29, 0.717) is 19.4 Å². The monoisotopic (exact) mass is 365 g/mol. The van der Waals surface area contributed by atoms with Crippen molar-refractivity contribution in [2.75, 3.05) is 6.61 Å². The summed E-state index contributed by atoms with van der Waals surface area (Å²) in [5, 5.41) is 2.62. The molecule has 1 saturated carbocycles. The molecule has 3 nitrogen and oxygen atoms in total. The molecule has 0 unspecified atom stereocenters. The van der Waals surface area contributed by atoms with Gasteiger partial charge in [0, 0.05) is 17.1 Å². The van der Waals surface area contributed by atoms with Gasteiger partial charge in [-0.1, -0.05) is 15.9 Å². The van der Waals surface area contributed by atoms with Gasteiger partial charge in [-0.15, -0.1) is 0 Å². The van der Waals surface area contributed by atoms with Gasteiger partial charge in [0.1, 0.15) is 0 Å². The molecule has 1 N–H and O–H groups in total. The normalized spacial score (nSPS) is 21.8. The smallest absolute Gasteiger partial charge is 0.378 e. The van der Waals surface area contributed by atoms with Gasteiger partial charge < -0.3 is 10.1 Å². The zero-order chi connectivity index (χ0) is 15.6. The summed E-state index contributed by atoms with van der Waals surface area (Å²) in [6.07, 6.45) is -3.20. The van der Waals surface area contributed by atoms with Crippen LogP contribution in [-0.4, -0.2) is 24.7 Å². The number of alkyl halides is 3.